The van der Waals surface area contributed by atoms with E-state index in [1.54, 1.807) is 18.3 Å². The van der Waals surface area contributed by atoms with Crippen LogP contribution in [0.1, 0.15) is 5.56 Å². The highest BCUT2D eigenvalue weighted by molar-refractivity contribution is 7.98. The number of hydrogen-bond acceptors (Lipinski definition) is 2. The molecule has 4 heteroatoms. The second-order valence-electron chi connectivity index (χ2n) is 3.20. The molecule has 1 heterocycles. The molecule has 0 bridgehead atoms. The summed E-state index contributed by atoms with van der Waals surface area (Å²) in [5.41, 5.74) is 0.713. The molecule has 0 saturated heterocycles. The average molecular weight is 222 g/mol. The summed E-state index contributed by atoms with van der Waals surface area (Å²) in [5.74, 6) is 0.455. The summed E-state index contributed by atoms with van der Waals surface area (Å²) >= 11 is 1.53. The molecule has 0 spiro atoms. The molecule has 15 heavy (non-hydrogen) atoms. The third-order valence-corrected chi connectivity index (χ3v) is 3.20. The van der Waals surface area contributed by atoms with E-state index in [0.717, 1.165) is 5.16 Å². The molecule has 78 valence electrons. The van der Waals surface area contributed by atoms with Crippen molar-refractivity contribution in [1.29, 1.82) is 0 Å². The monoisotopic (exact) mass is 222 g/mol. The molecule has 0 aliphatic heterocycles. The van der Waals surface area contributed by atoms with E-state index in [-0.39, 0.29) is 5.82 Å². The molecule has 1 aromatic carbocycles. The molecule has 0 unspecified atom stereocenters. The third kappa shape index (κ3) is 2.39. The Bertz CT molecular complexity index is 453. The largest absolute Gasteiger partial charge is 0.329 e. The molecule has 0 atom stereocenters. The van der Waals surface area contributed by atoms with E-state index in [2.05, 4.69) is 4.98 Å². The van der Waals surface area contributed by atoms with Gasteiger partial charge in [0.2, 0.25) is 0 Å². The van der Waals surface area contributed by atoms with Crippen LogP contribution in [0.15, 0.2) is 41.8 Å². The average Bonchev–Trinajstić information content (AvgIpc) is 2.63. The molecule has 0 fully saturated rings. The summed E-state index contributed by atoms with van der Waals surface area (Å²) in [7, 11) is 1.93. The van der Waals surface area contributed by atoms with Crippen molar-refractivity contribution >= 4 is 11.8 Å². The van der Waals surface area contributed by atoms with Gasteiger partial charge in [0.05, 0.1) is 0 Å². The summed E-state index contributed by atoms with van der Waals surface area (Å²) in [6, 6.07) is 6.82. The molecular formula is C11H11FN2S. The van der Waals surface area contributed by atoms with Gasteiger partial charge in [-0.1, -0.05) is 30.0 Å². The SMILES string of the molecule is Cn1ccnc1SCc1ccccc1F. The Kier molecular flexibility index (Phi) is 3.06. The molecule has 2 aromatic rings. The Morgan fingerprint density at radius 1 is 1.40 bits per heavy atom. The van der Waals surface area contributed by atoms with E-state index in [9.17, 15) is 4.39 Å². The van der Waals surface area contributed by atoms with Crippen LogP contribution in [-0.4, -0.2) is 9.55 Å². The summed E-state index contributed by atoms with van der Waals surface area (Å²) in [6.07, 6.45) is 3.62. The lowest BCUT2D eigenvalue weighted by atomic mass is 10.2. The summed E-state index contributed by atoms with van der Waals surface area (Å²) < 4.78 is 15.2. The van der Waals surface area contributed by atoms with Crippen LogP contribution in [0.5, 0.6) is 0 Å². The Hall–Kier alpha value is -1.29. The molecule has 0 saturated carbocycles. The molecule has 2 nitrogen and oxygen atoms in total. The number of benzene rings is 1. The van der Waals surface area contributed by atoms with Gasteiger partial charge in [-0.2, -0.15) is 0 Å². The zero-order valence-corrected chi connectivity index (χ0v) is 9.17. The maximum atomic E-state index is 13.3. The minimum atomic E-state index is -0.154. The van der Waals surface area contributed by atoms with Gasteiger partial charge < -0.3 is 4.57 Å². The molecule has 0 amide bonds. The highest BCUT2D eigenvalue weighted by Crippen LogP contribution is 2.21. The second kappa shape index (κ2) is 4.49. The normalized spacial score (nSPS) is 10.5. The summed E-state index contributed by atoms with van der Waals surface area (Å²) in [4.78, 5) is 4.16. The van der Waals surface area contributed by atoms with E-state index in [1.165, 1.54) is 17.8 Å². The predicted octanol–water partition coefficient (Wildman–Crippen LogP) is 2.85. The molecule has 2 rings (SSSR count). The van der Waals surface area contributed by atoms with E-state index in [0.29, 0.717) is 11.3 Å². The van der Waals surface area contributed by atoms with Crippen molar-refractivity contribution in [2.24, 2.45) is 7.05 Å². The van der Waals surface area contributed by atoms with Crippen LogP contribution in [0, 0.1) is 5.82 Å². The zero-order valence-electron chi connectivity index (χ0n) is 8.35. The zero-order chi connectivity index (χ0) is 10.7. The van der Waals surface area contributed by atoms with Gasteiger partial charge >= 0.3 is 0 Å². The van der Waals surface area contributed by atoms with Gasteiger partial charge in [0.25, 0.3) is 0 Å². The van der Waals surface area contributed by atoms with Crippen LogP contribution in [0.2, 0.25) is 0 Å². The molecule has 0 aliphatic carbocycles. The lowest BCUT2D eigenvalue weighted by Gasteiger charge is -2.02. The first-order valence-electron chi connectivity index (χ1n) is 4.61. The number of rotatable bonds is 3. The van der Waals surface area contributed by atoms with Crippen LogP contribution in [-0.2, 0) is 12.8 Å². The van der Waals surface area contributed by atoms with Crippen LogP contribution in [0.3, 0.4) is 0 Å². The van der Waals surface area contributed by atoms with Crippen molar-refractivity contribution in [2.45, 2.75) is 10.9 Å². The standard InChI is InChI=1S/C11H11FN2S/c1-14-7-6-13-11(14)15-8-9-4-2-3-5-10(9)12/h2-7H,8H2,1H3. The Morgan fingerprint density at radius 2 is 2.20 bits per heavy atom. The third-order valence-electron chi connectivity index (χ3n) is 2.09. The number of aromatic nitrogens is 2. The first-order valence-corrected chi connectivity index (χ1v) is 5.59. The molecule has 1 aromatic heterocycles. The maximum Gasteiger partial charge on any atom is 0.167 e. The Labute approximate surface area is 92.1 Å². The van der Waals surface area contributed by atoms with Gasteiger partial charge in [-0.25, -0.2) is 9.37 Å². The van der Waals surface area contributed by atoms with Gasteiger partial charge in [0, 0.05) is 25.2 Å². The Morgan fingerprint density at radius 3 is 2.87 bits per heavy atom. The van der Waals surface area contributed by atoms with Crippen molar-refractivity contribution in [3.63, 3.8) is 0 Å². The first kappa shape index (κ1) is 10.2. The van der Waals surface area contributed by atoms with Crippen molar-refractivity contribution in [2.75, 3.05) is 0 Å². The maximum absolute atomic E-state index is 13.3. The Balaban J connectivity index is 2.06. The van der Waals surface area contributed by atoms with E-state index in [4.69, 9.17) is 0 Å². The fourth-order valence-electron chi connectivity index (χ4n) is 1.25. The number of hydrogen-bond donors (Lipinski definition) is 0. The minimum Gasteiger partial charge on any atom is -0.329 e. The van der Waals surface area contributed by atoms with Gasteiger partial charge in [0.15, 0.2) is 5.16 Å². The number of nitrogens with zero attached hydrogens (tertiary/aromatic N) is 2. The molecular weight excluding hydrogens is 211 g/mol. The molecule has 0 radical (unpaired) electrons. The van der Waals surface area contributed by atoms with Gasteiger partial charge in [0.1, 0.15) is 5.82 Å². The highest BCUT2D eigenvalue weighted by atomic mass is 32.2. The highest BCUT2D eigenvalue weighted by Gasteiger charge is 2.04. The molecule has 0 aliphatic rings. The summed E-state index contributed by atoms with van der Waals surface area (Å²) in [6.45, 7) is 0. The lowest BCUT2D eigenvalue weighted by Crippen LogP contribution is -1.91. The van der Waals surface area contributed by atoms with Crippen LogP contribution in [0.4, 0.5) is 4.39 Å². The number of halogens is 1. The van der Waals surface area contributed by atoms with Crippen molar-refractivity contribution in [1.82, 2.24) is 9.55 Å². The minimum absolute atomic E-state index is 0.154. The van der Waals surface area contributed by atoms with Crippen molar-refractivity contribution < 1.29 is 4.39 Å². The fraction of sp³-hybridized carbons (Fsp3) is 0.182. The van der Waals surface area contributed by atoms with E-state index >= 15 is 0 Å². The van der Waals surface area contributed by atoms with Crippen LogP contribution in [0.25, 0.3) is 0 Å². The number of aryl methyl sites for hydroxylation is 1. The molecule has 0 N–H and O–H groups in total. The van der Waals surface area contributed by atoms with Gasteiger partial charge in [-0.15, -0.1) is 0 Å². The van der Waals surface area contributed by atoms with Crippen LogP contribution < -0.4 is 0 Å². The fourth-order valence-corrected chi connectivity index (χ4v) is 2.17. The van der Waals surface area contributed by atoms with Crippen molar-refractivity contribution in [3.8, 4) is 0 Å². The quantitative estimate of drug-likeness (QED) is 0.743. The van der Waals surface area contributed by atoms with Gasteiger partial charge in [-0.05, 0) is 11.6 Å². The summed E-state index contributed by atoms with van der Waals surface area (Å²) in [5, 5.41) is 0.901. The first-order chi connectivity index (χ1) is 7.27. The topological polar surface area (TPSA) is 17.8 Å². The van der Waals surface area contributed by atoms with Crippen molar-refractivity contribution in [3.05, 3.63) is 48.0 Å². The smallest absolute Gasteiger partial charge is 0.167 e. The van der Waals surface area contributed by atoms with E-state index in [1.807, 2.05) is 23.9 Å². The number of thioether (sulfide) groups is 1. The van der Waals surface area contributed by atoms with E-state index < -0.39 is 0 Å². The second-order valence-corrected chi connectivity index (χ2v) is 4.14. The number of imidazole rings is 1. The van der Waals surface area contributed by atoms with Crippen LogP contribution >= 0.6 is 11.8 Å². The predicted molar refractivity (Wildman–Crippen MR) is 59.2 cm³/mol. The van der Waals surface area contributed by atoms with Gasteiger partial charge in [-0.3, -0.25) is 0 Å². The lowest BCUT2D eigenvalue weighted by molar-refractivity contribution is 0.617.